The summed E-state index contributed by atoms with van der Waals surface area (Å²) in [6.45, 7) is 3.86. The van der Waals surface area contributed by atoms with E-state index >= 15 is 0 Å². The fraction of sp³-hybridized carbons (Fsp3) is 0.0800. The van der Waals surface area contributed by atoms with Gasteiger partial charge in [0.25, 0.3) is 10.0 Å². The molecule has 5 nitrogen and oxygen atoms in total. The molecule has 1 heterocycles. The van der Waals surface area contributed by atoms with E-state index in [0.29, 0.717) is 11.4 Å². The normalized spacial score (nSPS) is 11.8. The van der Waals surface area contributed by atoms with Gasteiger partial charge in [0.2, 0.25) is 0 Å². The summed E-state index contributed by atoms with van der Waals surface area (Å²) in [5.41, 5.74) is 10.5. The third kappa shape index (κ3) is 4.17. The first-order chi connectivity index (χ1) is 15.8. The number of nitrogen functional groups attached to an aromatic ring is 1. The van der Waals surface area contributed by atoms with Gasteiger partial charge in [0, 0.05) is 15.7 Å². The molecule has 0 aliphatic rings. The molecule has 0 saturated heterocycles. The van der Waals surface area contributed by atoms with Gasteiger partial charge in [0.05, 0.1) is 26.5 Å². The maximum atomic E-state index is 13.2. The van der Waals surface area contributed by atoms with E-state index in [4.69, 9.17) is 5.73 Å². The number of thiazole rings is 1. The number of aromatic nitrogens is 1. The molecule has 0 aliphatic carbocycles. The number of hydrogen-bond acceptors (Lipinski definition) is 6. The number of para-hydroxylation sites is 1. The van der Waals surface area contributed by atoms with Crippen molar-refractivity contribution in [3.05, 3.63) is 83.9 Å². The number of rotatable bonds is 5. The Labute approximate surface area is 200 Å². The van der Waals surface area contributed by atoms with Gasteiger partial charge in [-0.2, -0.15) is 0 Å². The number of nitrogens with one attached hydrogen (secondary N) is 1. The van der Waals surface area contributed by atoms with Crippen molar-refractivity contribution in [1.29, 1.82) is 0 Å². The third-order valence-corrected chi connectivity index (χ3v) is 9.07. The van der Waals surface area contributed by atoms with Gasteiger partial charge in [-0.25, -0.2) is 13.4 Å². The Bertz CT molecular complexity index is 1590. The lowest BCUT2D eigenvalue weighted by Gasteiger charge is -2.15. The van der Waals surface area contributed by atoms with E-state index in [1.54, 1.807) is 29.5 Å². The molecule has 166 valence electrons. The largest absolute Gasteiger partial charge is 0.397 e. The van der Waals surface area contributed by atoms with Gasteiger partial charge in [-0.3, -0.25) is 4.72 Å². The van der Waals surface area contributed by atoms with Crippen LogP contribution in [0.1, 0.15) is 11.1 Å². The Morgan fingerprint density at radius 1 is 0.909 bits per heavy atom. The van der Waals surface area contributed by atoms with Crippen LogP contribution >= 0.6 is 23.1 Å². The van der Waals surface area contributed by atoms with E-state index in [1.165, 1.54) is 11.8 Å². The predicted molar refractivity (Wildman–Crippen MR) is 139 cm³/mol. The van der Waals surface area contributed by atoms with Crippen molar-refractivity contribution in [3.63, 3.8) is 0 Å². The van der Waals surface area contributed by atoms with Crippen LogP contribution in [0.3, 0.4) is 0 Å². The van der Waals surface area contributed by atoms with Crippen LogP contribution in [-0.2, 0) is 10.0 Å². The molecule has 0 bridgehead atoms. The van der Waals surface area contributed by atoms with E-state index in [1.807, 2.05) is 68.4 Å². The van der Waals surface area contributed by atoms with Crippen LogP contribution < -0.4 is 10.5 Å². The number of sulfonamides is 1. The van der Waals surface area contributed by atoms with Gasteiger partial charge < -0.3 is 5.73 Å². The van der Waals surface area contributed by atoms with E-state index in [2.05, 4.69) is 9.71 Å². The van der Waals surface area contributed by atoms with Crippen LogP contribution in [0.15, 0.2) is 86.9 Å². The molecule has 0 fully saturated rings. The number of benzene rings is 4. The SMILES string of the molecule is Cc1ccc(S(=O)(=O)Nc2cc(Sc3nc4ccccc4s3)c(N)c3ccccc23)cc1C. The zero-order valence-corrected chi connectivity index (χ0v) is 20.4. The molecule has 0 spiro atoms. The number of fused-ring (bicyclic) bond motifs is 2. The minimum Gasteiger partial charge on any atom is -0.397 e. The van der Waals surface area contributed by atoms with E-state index in [-0.39, 0.29) is 4.90 Å². The minimum atomic E-state index is -3.78. The maximum absolute atomic E-state index is 13.2. The van der Waals surface area contributed by atoms with Gasteiger partial charge in [-0.1, -0.05) is 54.2 Å². The second-order valence-electron chi connectivity index (χ2n) is 7.78. The molecule has 33 heavy (non-hydrogen) atoms. The summed E-state index contributed by atoms with van der Waals surface area (Å²) >= 11 is 3.03. The highest BCUT2D eigenvalue weighted by molar-refractivity contribution is 8.01. The van der Waals surface area contributed by atoms with Crippen LogP contribution in [-0.4, -0.2) is 13.4 Å². The van der Waals surface area contributed by atoms with Crippen molar-refractivity contribution in [3.8, 4) is 0 Å². The topological polar surface area (TPSA) is 85.1 Å². The quantitative estimate of drug-likeness (QED) is 0.271. The minimum absolute atomic E-state index is 0.229. The van der Waals surface area contributed by atoms with Gasteiger partial charge >= 0.3 is 0 Å². The lowest BCUT2D eigenvalue weighted by atomic mass is 10.1. The fourth-order valence-electron chi connectivity index (χ4n) is 3.61. The Morgan fingerprint density at radius 2 is 1.64 bits per heavy atom. The molecule has 5 aromatic rings. The molecule has 0 aliphatic heterocycles. The number of hydrogen-bond donors (Lipinski definition) is 2. The smallest absolute Gasteiger partial charge is 0.261 e. The molecule has 0 atom stereocenters. The van der Waals surface area contributed by atoms with Crippen LogP contribution in [0.25, 0.3) is 21.0 Å². The van der Waals surface area contributed by atoms with Crippen LogP contribution in [0.4, 0.5) is 11.4 Å². The zero-order valence-electron chi connectivity index (χ0n) is 18.0. The molecule has 0 saturated carbocycles. The summed E-state index contributed by atoms with van der Waals surface area (Å²) in [6, 6.07) is 22.4. The summed E-state index contributed by atoms with van der Waals surface area (Å²) in [6.07, 6.45) is 0. The molecule has 3 N–H and O–H groups in total. The molecular weight excluding hydrogens is 470 g/mol. The number of anilines is 2. The summed E-state index contributed by atoms with van der Waals surface area (Å²) in [5, 5.41) is 1.54. The Balaban J connectivity index is 1.59. The lowest BCUT2D eigenvalue weighted by Crippen LogP contribution is -2.14. The average Bonchev–Trinajstić information content (AvgIpc) is 3.21. The van der Waals surface area contributed by atoms with Gasteiger partial charge in [-0.15, -0.1) is 11.3 Å². The highest BCUT2D eigenvalue weighted by Gasteiger charge is 2.19. The molecular formula is C25H21N3O2S3. The number of nitrogens with two attached hydrogens (primary N) is 1. The van der Waals surface area contributed by atoms with Crippen molar-refractivity contribution in [2.75, 3.05) is 10.5 Å². The first-order valence-corrected chi connectivity index (χ1v) is 13.4. The second kappa shape index (κ2) is 8.37. The standard InChI is InChI=1S/C25H21N3O2S3/c1-15-11-12-17(13-16(15)2)33(29,30)28-21-14-23(24(26)19-8-4-3-7-18(19)21)32-25-27-20-9-5-6-10-22(20)31-25/h3-14,28H,26H2,1-2H3. The fourth-order valence-corrected chi connectivity index (χ4v) is 6.90. The first kappa shape index (κ1) is 21.8. The van der Waals surface area contributed by atoms with Crippen LogP contribution in [0.5, 0.6) is 0 Å². The van der Waals surface area contributed by atoms with Crippen molar-refractivity contribution in [2.45, 2.75) is 28.0 Å². The van der Waals surface area contributed by atoms with Crippen molar-refractivity contribution in [2.24, 2.45) is 0 Å². The second-order valence-corrected chi connectivity index (χ2v) is 11.8. The van der Waals surface area contributed by atoms with Crippen molar-refractivity contribution >= 4 is 65.5 Å². The first-order valence-electron chi connectivity index (χ1n) is 10.3. The molecule has 0 radical (unpaired) electrons. The highest BCUT2D eigenvalue weighted by Crippen LogP contribution is 2.42. The Kier molecular flexibility index (Phi) is 5.52. The molecule has 8 heteroatoms. The number of aryl methyl sites for hydroxylation is 2. The number of nitrogens with zero attached hydrogens (tertiary/aromatic N) is 1. The summed E-state index contributed by atoms with van der Waals surface area (Å²) in [7, 11) is -3.78. The molecule has 1 aromatic heterocycles. The van der Waals surface area contributed by atoms with Gasteiger partial charge in [-0.05, 0) is 55.3 Å². The molecule has 0 amide bonds. The molecule has 5 rings (SSSR count). The monoisotopic (exact) mass is 491 g/mol. The van der Waals surface area contributed by atoms with E-state index in [9.17, 15) is 8.42 Å². The lowest BCUT2D eigenvalue weighted by molar-refractivity contribution is 0.601. The molecule has 0 unspecified atom stereocenters. The average molecular weight is 492 g/mol. The van der Waals surface area contributed by atoms with Crippen molar-refractivity contribution < 1.29 is 8.42 Å². The van der Waals surface area contributed by atoms with E-state index < -0.39 is 10.0 Å². The zero-order chi connectivity index (χ0) is 23.2. The van der Waals surface area contributed by atoms with Gasteiger partial charge in [0.1, 0.15) is 0 Å². The summed E-state index contributed by atoms with van der Waals surface area (Å²) in [5.74, 6) is 0. The van der Waals surface area contributed by atoms with Gasteiger partial charge in [0.15, 0.2) is 4.34 Å². The van der Waals surface area contributed by atoms with E-state index in [0.717, 1.165) is 41.4 Å². The van der Waals surface area contributed by atoms with Crippen LogP contribution in [0.2, 0.25) is 0 Å². The Hall–Kier alpha value is -3.07. The summed E-state index contributed by atoms with van der Waals surface area (Å²) in [4.78, 5) is 5.67. The maximum Gasteiger partial charge on any atom is 0.261 e. The summed E-state index contributed by atoms with van der Waals surface area (Å²) < 4.78 is 31.2. The predicted octanol–water partition coefficient (Wildman–Crippen LogP) is 6.60. The highest BCUT2D eigenvalue weighted by atomic mass is 32.2. The Morgan fingerprint density at radius 3 is 2.39 bits per heavy atom. The third-order valence-electron chi connectivity index (χ3n) is 5.55. The molecule has 4 aromatic carbocycles. The van der Waals surface area contributed by atoms with Crippen LogP contribution in [0, 0.1) is 13.8 Å². The van der Waals surface area contributed by atoms with Crippen molar-refractivity contribution in [1.82, 2.24) is 4.98 Å².